The Morgan fingerprint density at radius 1 is 1.89 bits per heavy atom. The quantitative estimate of drug-likeness (QED) is 0.590. The van der Waals surface area contributed by atoms with Crippen molar-refractivity contribution in [1.82, 2.24) is 10.9 Å². The maximum Gasteiger partial charge on any atom is 0.297 e. The van der Waals surface area contributed by atoms with E-state index < -0.39 is 0 Å². The first kappa shape index (κ1) is 6.85. The van der Waals surface area contributed by atoms with E-state index in [1.165, 1.54) is 0 Å². The first-order valence-corrected chi connectivity index (χ1v) is 3.54. The van der Waals surface area contributed by atoms with Gasteiger partial charge in [0.05, 0.1) is 0 Å². The number of nitrogens with one attached hydrogen (secondary N) is 2. The smallest absolute Gasteiger partial charge is 0.297 e. The molecule has 1 fully saturated rings. The molecule has 4 nitrogen and oxygen atoms in total. The summed E-state index contributed by atoms with van der Waals surface area (Å²) in [6.07, 6.45) is 0. The van der Waals surface area contributed by atoms with E-state index in [0.29, 0.717) is 6.61 Å². The lowest BCUT2D eigenvalue weighted by atomic mass is 10.9. The zero-order valence-electron chi connectivity index (χ0n) is 5.01. The standard InChI is InChI=1S/C4H8N2O2S/c1-2-8-4-6-5-3(7)9-4/h4,6H,2H2,1H3,(H,5,7). The van der Waals surface area contributed by atoms with Crippen LogP contribution in [0.25, 0.3) is 0 Å². The summed E-state index contributed by atoms with van der Waals surface area (Å²) in [6.45, 7) is 2.49. The van der Waals surface area contributed by atoms with Crippen molar-refractivity contribution in [2.24, 2.45) is 0 Å². The molecule has 1 amide bonds. The van der Waals surface area contributed by atoms with Crippen LogP contribution >= 0.6 is 11.8 Å². The van der Waals surface area contributed by atoms with E-state index in [1.807, 2.05) is 6.92 Å². The molecule has 0 aromatic rings. The molecule has 1 atom stereocenters. The normalized spacial score (nSPS) is 26.3. The van der Waals surface area contributed by atoms with E-state index in [2.05, 4.69) is 10.9 Å². The minimum Gasteiger partial charge on any atom is -0.352 e. The number of hydrazine groups is 1. The largest absolute Gasteiger partial charge is 0.352 e. The molecular weight excluding hydrogens is 140 g/mol. The van der Waals surface area contributed by atoms with Gasteiger partial charge in [-0.2, -0.15) is 5.43 Å². The highest BCUT2D eigenvalue weighted by Crippen LogP contribution is 2.13. The van der Waals surface area contributed by atoms with E-state index in [9.17, 15) is 4.79 Å². The molecule has 5 heteroatoms. The number of thioether (sulfide) groups is 1. The Labute approximate surface area is 57.3 Å². The second-order valence-corrected chi connectivity index (χ2v) is 2.50. The van der Waals surface area contributed by atoms with Crippen LogP contribution in [0.5, 0.6) is 0 Å². The summed E-state index contributed by atoms with van der Waals surface area (Å²) in [5.41, 5.74) is 4.85. The first-order chi connectivity index (χ1) is 4.33. The Kier molecular flexibility index (Phi) is 2.32. The minimum atomic E-state index is -0.206. The third-order valence-corrected chi connectivity index (χ3v) is 1.61. The zero-order valence-corrected chi connectivity index (χ0v) is 5.83. The van der Waals surface area contributed by atoms with Crippen molar-refractivity contribution in [1.29, 1.82) is 0 Å². The summed E-state index contributed by atoms with van der Waals surface area (Å²) in [7, 11) is 0. The van der Waals surface area contributed by atoms with Gasteiger partial charge in [-0.15, -0.1) is 0 Å². The van der Waals surface area contributed by atoms with Crippen LogP contribution in [-0.4, -0.2) is 17.4 Å². The van der Waals surface area contributed by atoms with Crippen LogP contribution in [0, 0.1) is 0 Å². The molecule has 1 heterocycles. The Morgan fingerprint density at radius 3 is 3.11 bits per heavy atom. The second-order valence-electron chi connectivity index (χ2n) is 1.46. The van der Waals surface area contributed by atoms with Crippen LogP contribution in [0.15, 0.2) is 0 Å². The lowest BCUT2D eigenvalue weighted by Gasteiger charge is -2.04. The highest BCUT2D eigenvalue weighted by Gasteiger charge is 2.20. The number of carbonyl (C=O) groups is 1. The maximum atomic E-state index is 10.4. The van der Waals surface area contributed by atoms with Gasteiger partial charge in [0, 0.05) is 6.61 Å². The van der Waals surface area contributed by atoms with E-state index in [4.69, 9.17) is 4.74 Å². The minimum absolute atomic E-state index is 0.0894. The van der Waals surface area contributed by atoms with Crippen molar-refractivity contribution < 1.29 is 9.53 Å². The summed E-state index contributed by atoms with van der Waals surface area (Å²) < 4.78 is 5.04. The van der Waals surface area contributed by atoms with Crippen molar-refractivity contribution in [2.75, 3.05) is 6.61 Å². The summed E-state index contributed by atoms with van der Waals surface area (Å²) in [5, 5.41) is -0.0894. The average Bonchev–Trinajstić information content (AvgIpc) is 2.17. The van der Waals surface area contributed by atoms with E-state index >= 15 is 0 Å². The molecule has 0 aliphatic carbocycles. The Hall–Kier alpha value is -0.260. The molecule has 0 aromatic carbocycles. The van der Waals surface area contributed by atoms with Gasteiger partial charge in [-0.1, -0.05) is 0 Å². The van der Waals surface area contributed by atoms with Crippen molar-refractivity contribution in [2.45, 2.75) is 12.5 Å². The number of rotatable bonds is 2. The molecule has 0 radical (unpaired) electrons. The van der Waals surface area contributed by atoms with Gasteiger partial charge in [0.15, 0.2) is 5.56 Å². The molecule has 1 saturated heterocycles. The molecule has 1 aliphatic rings. The molecule has 1 rings (SSSR count). The van der Waals surface area contributed by atoms with Gasteiger partial charge >= 0.3 is 0 Å². The van der Waals surface area contributed by atoms with Gasteiger partial charge in [-0.05, 0) is 18.7 Å². The molecule has 0 bridgehead atoms. The number of amides is 1. The summed E-state index contributed by atoms with van der Waals surface area (Å²) in [4.78, 5) is 10.4. The predicted molar refractivity (Wildman–Crippen MR) is 34.7 cm³/mol. The second kappa shape index (κ2) is 3.05. The molecule has 9 heavy (non-hydrogen) atoms. The molecule has 52 valence electrons. The van der Waals surface area contributed by atoms with Crippen LogP contribution in [0.3, 0.4) is 0 Å². The molecular formula is C4H8N2O2S. The highest BCUT2D eigenvalue weighted by molar-refractivity contribution is 8.14. The van der Waals surface area contributed by atoms with E-state index in [-0.39, 0.29) is 10.8 Å². The number of carbonyl (C=O) groups excluding carboxylic acids is 1. The van der Waals surface area contributed by atoms with E-state index in [1.54, 1.807) is 0 Å². The number of hydrogen-bond acceptors (Lipinski definition) is 4. The van der Waals surface area contributed by atoms with Crippen LogP contribution in [0.1, 0.15) is 6.92 Å². The van der Waals surface area contributed by atoms with Crippen LogP contribution in [0.4, 0.5) is 4.79 Å². The van der Waals surface area contributed by atoms with Gasteiger partial charge in [0.25, 0.3) is 5.24 Å². The van der Waals surface area contributed by atoms with Crippen molar-refractivity contribution >= 4 is 17.0 Å². The van der Waals surface area contributed by atoms with Crippen molar-refractivity contribution in [3.8, 4) is 0 Å². The van der Waals surface area contributed by atoms with Gasteiger partial charge in [-0.25, -0.2) is 0 Å². The molecule has 2 N–H and O–H groups in total. The molecule has 0 saturated carbocycles. The summed E-state index contributed by atoms with van der Waals surface area (Å²) >= 11 is 1.11. The fourth-order valence-electron chi connectivity index (χ4n) is 0.501. The maximum absolute atomic E-state index is 10.4. The zero-order chi connectivity index (χ0) is 6.69. The third-order valence-electron chi connectivity index (χ3n) is 0.824. The first-order valence-electron chi connectivity index (χ1n) is 2.66. The van der Waals surface area contributed by atoms with Crippen LogP contribution < -0.4 is 10.9 Å². The van der Waals surface area contributed by atoms with Gasteiger partial charge in [0.2, 0.25) is 0 Å². The number of hydrogen-bond donors (Lipinski definition) is 2. The van der Waals surface area contributed by atoms with Gasteiger partial charge in [0.1, 0.15) is 0 Å². The van der Waals surface area contributed by atoms with Crippen molar-refractivity contribution in [3.05, 3.63) is 0 Å². The summed E-state index contributed by atoms with van der Waals surface area (Å²) in [6, 6.07) is 0. The molecule has 1 unspecified atom stereocenters. The topological polar surface area (TPSA) is 50.4 Å². The lowest BCUT2D eigenvalue weighted by Crippen LogP contribution is -2.32. The fraction of sp³-hybridized carbons (Fsp3) is 0.750. The Morgan fingerprint density at radius 2 is 2.67 bits per heavy atom. The highest BCUT2D eigenvalue weighted by atomic mass is 32.2. The van der Waals surface area contributed by atoms with Gasteiger partial charge in [-0.3, -0.25) is 10.2 Å². The predicted octanol–water partition coefficient (Wildman–Crippen LogP) is 0.267. The number of ether oxygens (including phenoxy) is 1. The van der Waals surface area contributed by atoms with Crippen LogP contribution in [0.2, 0.25) is 0 Å². The van der Waals surface area contributed by atoms with E-state index in [0.717, 1.165) is 11.8 Å². The Balaban J connectivity index is 2.22. The average molecular weight is 148 g/mol. The fourth-order valence-corrected chi connectivity index (χ4v) is 1.14. The molecule has 1 aliphatic heterocycles. The molecule has 0 aromatic heterocycles. The van der Waals surface area contributed by atoms with Gasteiger partial charge < -0.3 is 4.74 Å². The van der Waals surface area contributed by atoms with Crippen molar-refractivity contribution in [3.63, 3.8) is 0 Å². The molecule has 0 spiro atoms. The SMILES string of the molecule is CCOC1NNC(=O)S1. The summed E-state index contributed by atoms with van der Waals surface area (Å²) in [5.74, 6) is 0. The van der Waals surface area contributed by atoms with Crippen LogP contribution in [-0.2, 0) is 4.74 Å². The monoisotopic (exact) mass is 148 g/mol. The third kappa shape index (κ3) is 1.85. The Bertz CT molecular complexity index is 119. The lowest BCUT2D eigenvalue weighted by molar-refractivity contribution is 0.100.